The van der Waals surface area contributed by atoms with Crippen LogP contribution in [0.1, 0.15) is 48.4 Å². The fraction of sp³-hybridized carbons (Fsp3) is 0.320. The summed E-state index contributed by atoms with van der Waals surface area (Å²) in [7, 11) is 0. The summed E-state index contributed by atoms with van der Waals surface area (Å²) in [5.74, 6) is -1.68. The van der Waals surface area contributed by atoms with E-state index in [-0.39, 0.29) is 29.8 Å². The summed E-state index contributed by atoms with van der Waals surface area (Å²) < 4.78 is 16.6. The van der Waals surface area contributed by atoms with Gasteiger partial charge in [-0.1, -0.05) is 43.7 Å². The van der Waals surface area contributed by atoms with E-state index in [4.69, 9.17) is 13.9 Å². The van der Waals surface area contributed by atoms with E-state index < -0.39 is 18.0 Å². The fourth-order valence-electron chi connectivity index (χ4n) is 3.49. The summed E-state index contributed by atoms with van der Waals surface area (Å²) in [5, 5.41) is 10.0. The molecular weight excluding hydrogens is 412 g/mol. The van der Waals surface area contributed by atoms with Gasteiger partial charge in [-0.05, 0) is 43.9 Å². The first-order valence-electron chi connectivity index (χ1n) is 10.6. The highest BCUT2D eigenvalue weighted by molar-refractivity contribution is 5.90. The molecule has 32 heavy (non-hydrogen) atoms. The predicted octanol–water partition coefficient (Wildman–Crippen LogP) is 4.39. The number of rotatable bonds is 10. The van der Waals surface area contributed by atoms with Gasteiger partial charge in [-0.15, -0.1) is 0 Å². The summed E-state index contributed by atoms with van der Waals surface area (Å²) in [6.07, 6.45) is 0.910. The SMILES string of the molecule is CCCc1c(OC(CCc2ccccc2)C(=O)O)ccc2c(=O)cc(C(=O)OCC)oc12. The molecule has 0 fully saturated rings. The minimum atomic E-state index is -1.08. The molecule has 3 aromatic rings. The van der Waals surface area contributed by atoms with Crippen molar-refractivity contribution in [3.63, 3.8) is 0 Å². The van der Waals surface area contributed by atoms with Crippen LogP contribution < -0.4 is 10.2 Å². The standard InChI is InChI=1S/C25H26O7/c1-3-8-18-20(31-21(24(27)28)13-11-16-9-6-5-7-10-16)14-12-17-19(26)15-22(32-23(17)18)25(29)30-4-2/h5-7,9-10,12,14-15,21H,3-4,8,11,13H2,1-2H3,(H,27,28). The number of carboxylic acid groups (broad SMARTS) is 1. The number of carbonyl (C=O) groups is 2. The molecule has 0 amide bonds. The number of hydrogen-bond acceptors (Lipinski definition) is 6. The van der Waals surface area contributed by atoms with Crippen LogP contribution in [0.25, 0.3) is 11.0 Å². The monoisotopic (exact) mass is 438 g/mol. The van der Waals surface area contributed by atoms with Gasteiger partial charge in [0.15, 0.2) is 11.5 Å². The molecule has 0 aliphatic carbocycles. The lowest BCUT2D eigenvalue weighted by Crippen LogP contribution is -2.28. The first-order valence-corrected chi connectivity index (χ1v) is 10.6. The molecule has 2 aromatic carbocycles. The van der Waals surface area contributed by atoms with Crippen molar-refractivity contribution in [2.45, 2.75) is 45.6 Å². The lowest BCUT2D eigenvalue weighted by molar-refractivity contribution is -0.145. The van der Waals surface area contributed by atoms with Crippen molar-refractivity contribution in [1.82, 2.24) is 0 Å². The molecule has 0 radical (unpaired) electrons. The second-order valence-corrected chi connectivity index (χ2v) is 7.33. The maximum atomic E-state index is 12.6. The van der Waals surface area contributed by atoms with Crippen LogP contribution >= 0.6 is 0 Å². The zero-order valence-electron chi connectivity index (χ0n) is 18.1. The minimum Gasteiger partial charge on any atom is -0.479 e. The molecule has 0 aliphatic rings. The number of aliphatic carboxylic acids is 1. The number of carbonyl (C=O) groups excluding carboxylic acids is 1. The summed E-state index contributed by atoms with van der Waals surface area (Å²) in [6, 6.07) is 13.8. The number of esters is 1. The highest BCUT2D eigenvalue weighted by Crippen LogP contribution is 2.30. The number of aryl methyl sites for hydroxylation is 2. The smallest absolute Gasteiger partial charge is 0.374 e. The van der Waals surface area contributed by atoms with Crippen LogP contribution in [-0.2, 0) is 22.4 Å². The van der Waals surface area contributed by atoms with Gasteiger partial charge in [0, 0.05) is 11.6 Å². The second kappa shape index (κ2) is 10.6. The first kappa shape index (κ1) is 23.1. The number of benzene rings is 2. The minimum absolute atomic E-state index is 0.146. The Morgan fingerprint density at radius 1 is 1.06 bits per heavy atom. The van der Waals surface area contributed by atoms with Crippen LogP contribution in [0.15, 0.2) is 57.7 Å². The third kappa shape index (κ3) is 5.35. The van der Waals surface area contributed by atoms with Crippen LogP contribution in [0, 0.1) is 0 Å². The molecule has 3 rings (SSSR count). The average molecular weight is 438 g/mol. The largest absolute Gasteiger partial charge is 0.479 e. The molecule has 0 saturated carbocycles. The number of carboxylic acids is 1. The van der Waals surface area contributed by atoms with Crippen LogP contribution in [0.3, 0.4) is 0 Å². The van der Waals surface area contributed by atoms with Crippen molar-refractivity contribution < 1.29 is 28.6 Å². The van der Waals surface area contributed by atoms with Gasteiger partial charge in [-0.2, -0.15) is 0 Å². The van der Waals surface area contributed by atoms with E-state index in [1.165, 1.54) is 6.07 Å². The molecule has 0 aliphatic heterocycles. The Bertz CT molecular complexity index is 1150. The molecule has 7 heteroatoms. The molecule has 0 spiro atoms. The third-order valence-corrected chi connectivity index (χ3v) is 5.02. The average Bonchev–Trinajstić information content (AvgIpc) is 2.78. The molecule has 0 saturated heterocycles. The van der Waals surface area contributed by atoms with Crippen molar-refractivity contribution in [3.8, 4) is 5.75 Å². The third-order valence-electron chi connectivity index (χ3n) is 5.02. The molecule has 0 bridgehead atoms. The van der Waals surface area contributed by atoms with E-state index >= 15 is 0 Å². The van der Waals surface area contributed by atoms with Crippen LogP contribution in [0.4, 0.5) is 0 Å². The van der Waals surface area contributed by atoms with Crippen molar-refractivity contribution in [1.29, 1.82) is 0 Å². The van der Waals surface area contributed by atoms with Gasteiger partial charge in [0.1, 0.15) is 11.3 Å². The van der Waals surface area contributed by atoms with Crippen molar-refractivity contribution >= 4 is 22.9 Å². The number of ether oxygens (including phenoxy) is 2. The summed E-state index contributed by atoms with van der Waals surface area (Å²) in [6.45, 7) is 3.75. The fourth-order valence-corrected chi connectivity index (χ4v) is 3.49. The molecule has 1 heterocycles. The van der Waals surface area contributed by atoms with Gasteiger partial charge >= 0.3 is 11.9 Å². The maximum Gasteiger partial charge on any atom is 0.374 e. The molecular formula is C25H26O7. The zero-order valence-corrected chi connectivity index (χ0v) is 18.1. The van der Waals surface area contributed by atoms with Gasteiger partial charge in [0.05, 0.1) is 12.0 Å². The van der Waals surface area contributed by atoms with Gasteiger partial charge in [0.2, 0.25) is 5.76 Å². The molecule has 7 nitrogen and oxygen atoms in total. The summed E-state index contributed by atoms with van der Waals surface area (Å²) >= 11 is 0. The molecule has 168 valence electrons. The van der Waals surface area contributed by atoms with Crippen LogP contribution in [0.2, 0.25) is 0 Å². The lowest BCUT2D eigenvalue weighted by atomic mass is 10.0. The highest BCUT2D eigenvalue weighted by Gasteiger charge is 2.23. The Labute approximate surface area is 185 Å². The maximum absolute atomic E-state index is 12.6. The van der Waals surface area contributed by atoms with Crippen LogP contribution in [0.5, 0.6) is 5.75 Å². The Morgan fingerprint density at radius 2 is 1.81 bits per heavy atom. The Balaban J connectivity index is 1.98. The van der Waals surface area contributed by atoms with E-state index in [1.807, 2.05) is 37.3 Å². The molecule has 1 atom stereocenters. The van der Waals surface area contributed by atoms with Gasteiger partial charge in [-0.3, -0.25) is 4.79 Å². The van der Waals surface area contributed by atoms with E-state index in [1.54, 1.807) is 13.0 Å². The first-order chi connectivity index (χ1) is 15.4. The number of fused-ring (bicyclic) bond motifs is 1. The highest BCUT2D eigenvalue weighted by atomic mass is 16.5. The quantitative estimate of drug-likeness (QED) is 0.468. The van der Waals surface area contributed by atoms with Crippen LogP contribution in [-0.4, -0.2) is 29.8 Å². The topological polar surface area (TPSA) is 103 Å². The van der Waals surface area contributed by atoms with Gasteiger partial charge < -0.3 is 19.0 Å². The van der Waals surface area contributed by atoms with Gasteiger partial charge in [0.25, 0.3) is 0 Å². The molecule has 1 N–H and O–H groups in total. The molecule has 1 aromatic heterocycles. The van der Waals surface area contributed by atoms with Crippen molar-refractivity contribution in [2.75, 3.05) is 6.61 Å². The normalized spacial score (nSPS) is 11.8. The predicted molar refractivity (Wildman–Crippen MR) is 119 cm³/mol. The Hall–Kier alpha value is -3.61. The van der Waals surface area contributed by atoms with E-state index in [0.29, 0.717) is 36.0 Å². The summed E-state index contributed by atoms with van der Waals surface area (Å²) in [5.41, 5.74) is 1.41. The van der Waals surface area contributed by atoms with E-state index in [0.717, 1.165) is 11.6 Å². The Morgan fingerprint density at radius 3 is 2.47 bits per heavy atom. The second-order valence-electron chi connectivity index (χ2n) is 7.33. The van der Waals surface area contributed by atoms with Crippen molar-refractivity contribution in [2.24, 2.45) is 0 Å². The van der Waals surface area contributed by atoms with E-state index in [9.17, 15) is 19.5 Å². The Kier molecular flexibility index (Phi) is 7.65. The molecule has 1 unspecified atom stereocenters. The lowest BCUT2D eigenvalue weighted by Gasteiger charge is -2.18. The van der Waals surface area contributed by atoms with Gasteiger partial charge in [-0.25, -0.2) is 9.59 Å². The number of hydrogen-bond donors (Lipinski definition) is 1. The summed E-state index contributed by atoms with van der Waals surface area (Å²) in [4.78, 5) is 36.5. The zero-order chi connectivity index (χ0) is 23.1. The van der Waals surface area contributed by atoms with E-state index in [2.05, 4.69) is 0 Å². The van der Waals surface area contributed by atoms with Crippen molar-refractivity contribution in [3.05, 3.63) is 75.6 Å².